The van der Waals surface area contributed by atoms with Gasteiger partial charge in [-0.3, -0.25) is 5.43 Å². The van der Waals surface area contributed by atoms with E-state index in [1.165, 1.54) is 38.5 Å². The minimum absolute atomic E-state index is 0.463. The van der Waals surface area contributed by atoms with Crippen molar-refractivity contribution in [2.24, 2.45) is 10.8 Å². The number of hydrazine groups is 1. The van der Waals surface area contributed by atoms with Crippen molar-refractivity contribution >= 4 is 5.96 Å². The SMILES string of the molecule is COCCN(C(=NC1CCCC1)NN)C1CC1. The molecule has 5 heteroatoms. The summed E-state index contributed by atoms with van der Waals surface area (Å²) in [7, 11) is 1.73. The van der Waals surface area contributed by atoms with Crippen LogP contribution in [0.2, 0.25) is 0 Å². The summed E-state index contributed by atoms with van der Waals surface area (Å²) in [5, 5.41) is 0. The fourth-order valence-electron chi connectivity index (χ4n) is 2.44. The lowest BCUT2D eigenvalue weighted by Gasteiger charge is -2.26. The maximum absolute atomic E-state index is 5.63. The number of guanidine groups is 1. The summed E-state index contributed by atoms with van der Waals surface area (Å²) in [5.74, 6) is 6.48. The van der Waals surface area contributed by atoms with Crippen molar-refractivity contribution in [1.82, 2.24) is 10.3 Å². The third kappa shape index (κ3) is 3.57. The molecule has 0 spiro atoms. The standard InChI is InChI=1S/C12H24N4O/c1-17-9-8-16(11-6-7-11)12(15-13)14-10-4-2-3-5-10/h10-11H,2-9,13H2,1H3,(H,14,15). The Balaban J connectivity index is 1.96. The number of nitrogens with zero attached hydrogens (tertiary/aromatic N) is 2. The van der Waals surface area contributed by atoms with E-state index in [1.807, 2.05) is 0 Å². The zero-order valence-electron chi connectivity index (χ0n) is 10.7. The van der Waals surface area contributed by atoms with Crippen LogP contribution in [0.1, 0.15) is 38.5 Å². The molecule has 3 N–H and O–H groups in total. The molecule has 2 fully saturated rings. The molecule has 0 atom stereocenters. The Bertz CT molecular complexity index is 259. The van der Waals surface area contributed by atoms with Crippen LogP contribution >= 0.6 is 0 Å². The molecule has 0 aromatic rings. The van der Waals surface area contributed by atoms with Crippen molar-refractivity contribution < 1.29 is 4.74 Å². The first-order valence-corrected chi connectivity index (χ1v) is 6.65. The summed E-state index contributed by atoms with van der Waals surface area (Å²) < 4.78 is 5.15. The quantitative estimate of drug-likeness (QED) is 0.324. The zero-order valence-corrected chi connectivity index (χ0v) is 10.7. The highest BCUT2D eigenvalue weighted by Gasteiger charge is 2.31. The molecule has 2 saturated carbocycles. The van der Waals surface area contributed by atoms with Gasteiger partial charge in [0.2, 0.25) is 5.96 Å². The highest BCUT2D eigenvalue weighted by atomic mass is 16.5. The molecule has 5 nitrogen and oxygen atoms in total. The number of nitrogens with two attached hydrogens (primary N) is 1. The number of ether oxygens (including phenoxy) is 1. The van der Waals surface area contributed by atoms with Crippen LogP contribution in [0.5, 0.6) is 0 Å². The Labute approximate surface area is 103 Å². The maximum Gasteiger partial charge on any atom is 0.209 e. The fourth-order valence-corrected chi connectivity index (χ4v) is 2.44. The summed E-state index contributed by atoms with van der Waals surface area (Å²) in [5.41, 5.74) is 2.78. The third-order valence-corrected chi connectivity index (χ3v) is 3.55. The smallest absolute Gasteiger partial charge is 0.209 e. The van der Waals surface area contributed by atoms with Crippen LogP contribution in [0.25, 0.3) is 0 Å². The summed E-state index contributed by atoms with van der Waals surface area (Å²) in [6.07, 6.45) is 7.49. The van der Waals surface area contributed by atoms with Gasteiger partial charge in [-0.1, -0.05) is 12.8 Å². The van der Waals surface area contributed by atoms with Crippen molar-refractivity contribution in [3.63, 3.8) is 0 Å². The van der Waals surface area contributed by atoms with Crippen molar-refractivity contribution in [1.29, 1.82) is 0 Å². The number of rotatable bonds is 5. The average molecular weight is 240 g/mol. The first kappa shape index (κ1) is 12.6. The molecule has 0 aromatic heterocycles. The van der Waals surface area contributed by atoms with E-state index in [9.17, 15) is 0 Å². The first-order chi connectivity index (χ1) is 8.35. The molecule has 0 saturated heterocycles. The Hall–Kier alpha value is -0.810. The molecule has 0 heterocycles. The zero-order chi connectivity index (χ0) is 12.1. The summed E-state index contributed by atoms with van der Waals surface area (Å²) >= 11 is 0. The molecule has 98 valence electrons. The molecule has 2 aliphatic carbocycles. The molecule has 0 radical (unpaired) electrons. The van der Waals surface area contributed by atoms with E-state index in [4.69, 9.17) is 15.6 Å². The Morgan fingerprint density at radius 2 is 2.06 bits per heavy atom. The van der Waals surface area contributed by atoms with Gasteiger partial charge >= 0.3 is 0 Å². The van der Waals surface area contributed by atoms with Gasteiger partial charge in [0.05, 0.1) is 12.6 Å². The van der Waals surface area contributed by atoms with Crippen LogP contribution < -0.4 is 11.3 Å². The second-order valence-electron chi connectivity index (χ2n) is 4.95. The van der Waals surface area contributed by atoms with Gasteiger partial charge in [-0.15, -0.1) is 0 Å². The van der Waals surface area contributed by atoms with E-state index in [-0.39, 0.29) is 0 Å². The Morgan fingerprint density at radius 1 is 1.35 bits per heavy atom. The van der Waals surface area contributed by atoms with E-state index >= 15 is 0 Å². The number of hydrogen-bond donors (Lipinski definition) is 2. The van der Waals surface area contributed by atoms with Gasteiger partial charge in [-0.05, 0) is 25.7 Å². The molecule has 0 amide bonds. The van der Waals surface area contributed by atoms with E-state index in [2.05, 4.69) is 10.3 Å². The monoisotopic (exact) mass is 240 g/mol. The normalized spacial score (nSPS) is 21.9. The molecule has 0 unspecified atom stereocenters. The molecule has 2 aliphatic rings. The number of hydrogen-bond acceptors (Lipinski definition) is 3. The number of aliphatic imine (C=N–C) groups is 1. The van der Waals surface area contributed by atoms with Crippen molar-refractivity contribution in [3.8, 4) is 0 Å². The van der Waals surface area contributed by atoms with Gasteiger partial charge in [0.15, 0.2) is 0 Å². The summed E-state index contributed by atoms with van der Waals surface area (Å²) in [6, 6.07) is 1.08. The highest BCUT2D eigenvalue weighted by Crippen LogP contribution is 2.27. The van der Waals surface area contributed by atoms with Gasteiger partial charge in [-0.25, -0.2) is 10.8 Å². The van der Waals surface area contributed by atoms with Gasteiger partial charge in [-0.2, -0.15) is 0 Å². The highest BCUT2D eigenvalue weighted by molar-refractivity contribution is 5.80. The molecule has 0 aromatic carbocycles. The average Bonchev–Trinajstić information content (AvgIpc) is 3.05. The fraction of sp³-hybridized carbons (Fsp3) is 0.917. The van der Waals surface area contributed by atoms with Crippen LogP contribution in [0.3, 0.4) is 0 Å². The second kappa shape index (κ2) is 6.21. The second-order valence-corrected chi connectivity index (χ2v) is 4.95. The Kier molecular flexibility index (Phi) is 4.62. The van der Waals surface area contributed by atoms with E-state index < -0.39 is 0 Å². The van der Waals surface area contributed by atoms with E-state index in [0.29, 0.717) is 12.1 Å². The molecule has 0 aliphatic heterocycles. The lowest BCUT2D eigenvalue weighted by molar-refractivity contribution is 0.172. The van der Waals surface area contributed by atoms with Crippen molar-refractivity contribution in [3.05, 3.63) is 0 Å². The minimum Gasteiger partial charge on any atom is -0.383 e. The summed E-state index contributed by atoms with van der Waals surface area (Å²) in [6.45, 7) is 1.60. The first-order valence-electron chi connectivity index (χ1n) is 6.65. The predicted molar refractivity (Wildman–Crippen MR) is 68.6 cm³/mol. The predicted octanol–water partition coefficient (Wildman–Crippen LogP) is 0.859. The van der Waals surface area contributed by atoms with Crippen LogP contribution in [-0.4, -0.2) is 43.2 Å². The number of nitrogens with one attached hydrogen (secondary N) is 1. The van der Waals surface area contributed by atoms with Gasteiger partial charge < -0.3 is 9.64 Å². The lowest BCUT2D eigenvalue weighted by Crippen LogP contribution is -2.47. The van der Waals surface area contributed by atoms with Crippen LogP contribution in [-0.2, 0) is 4.74 Å². The maximum atomic E-state index is 5.63. The summed E-state index contributed by atoms with van der Waals surface area (Å²) in [4.78, 5) is 7.03. The van der Waals surface area contributed by atoms with Crippen LogP contribution in [0.15, 0.2) is 4.99 Å². The van der Waals surface area contributed by atoms with Gasteiger partial charge in [0, 0.05) is 19.7 Å². The number of methoxy groups -OCH3 is 1. The topological polar surface area (TPSA) is 62.9 Å². The van der Waals surface area contributed by atoms with Crippen molar-refractivity contribution in [2.45, 2.75) is 50.6 Å². The molecular weight excluding hydrogens is 216 g/mol. The largest absolute Gasteiger partial charge is 0.383 e. The molecule has 0 bridgehead atoms. The van der Waals surface area contributed by atoms with Crippen molar-refractivity contribution in [2.75, 3.05) is 20.3 Å². The minimum atomic E-state index is 0.463. The van der Waals surface area contributed by atoms with Gasteiger partial charge in [0.1, 0.15) is 0 Å². The Morgan fingerprint density at radius 3 is 2.59 bits per heavy atom. The van der Waals surface area contributed by atoms with E-state index in [1.54, 1.807) is 7.11 Å². The van der Waals surface area contributed by atoms with E-state index in [0.717, 1.165) is 19.1 Å². The molecule has 17 heavy (non-hydrogen) atoms. The van der Waals surface area contributed by atoms with Gasteiger partial charge in [0.25, 0.3) is 0 Å². The molecular formula is C12H24N4O. The third-order valence-electron chi connectivity index (χ3n) is 3.55. The van der Waals surface area contributed by atoms with Crippen LogP contribution in [0.4, 0.5) is 0 Å². The molecule has 2 rings (SSSR count). The van der Waals surface area contributed by atoms with Crippen LogP contribution in [0, 0.1) is 0 Å². The lowest BCUT2D eigenvalue weighted by atomic mass is 10.3.